The number of carbonyl (C=O) groups excluding carboxylic acids is 2. The van der Waals surface area contributed by atoms with Crippen LogP contribution in [0.4, 0.5) is 16.3 Å². The highest BCUT2D eigenvalue weighted by molar-refractivity contribution is 5.94. The maximum atomic E-state index is 12.8. The molecule has 2 unspecified atom stereocenters. The van der Waals surface area contributed by atoms with Crippen molar-refractivity contribution < 1.29 is 14.3 Å². The third kappa shape index (κ3) is 5.31. The summed E-state index contributed by atoms with van der Waals surface area (Å²) in [7, 11) is 7.06. The van der Waals surface area contributed by atoms with E-state index in [1.807, 2.05) is 44.5 Å². The Kier molecular flexibility index (Phi) is 7.01. The first-order valence-corrected chi connectivity index (χ1v) is 14.8. The molecular weight excluding hydrogens is 560 g/mol. The lowest BCUT2D eigenvalue weighted by Gasteiger charge is -2.42. The topological polar surface area (TPSA) is 149 Å². The molecule has 44 heavy (non-hydrogen) atoms. The van der Waals surface area contributed by atoms with E-state index in [-0.39, 0.29) is 23.4 Å². The number of nitrogens with two attached hydrogens (primary N) is 1. The van der Waals surface area contributed by atoms with Gasteiger partial charge < -0.3 is 30.2 Å². The molecule has 232 valence electrons. The van der Waals surface area contributed by atoms with E-state index in [9.17, 15) is 9.59 Å². The van der Waals surface area contributed by atoms with Crippen molar-refractivity contribution in [3.05, 3.63) is 36.2 Å². The zero-order valence-corrected chi connectivity index (χ0v) is 26.4. The number of aromatic nitrogens is 6. The van der Waals surface area contributed by atoms with Crippen molar-refractivity contribution >= 4 is 34.5 Å². The summed E-state index contributed by atoms with van der Waals surface area (Å²) in [6.45, 7) is 7.20. The van der Waals surface area contributed by atoms with Gasteiger partial charge in [0, 0.05) is 41.3 Å². The van der Waals surface area contributed by atoms with Crippen molar-refractivity contribution in [1.29, 1.82) is 0 Å². The van der Waals surface area contributed by atoms with E-state index in [0.717, 1.165) is 42.5 Å². The van der Waals surface area contributed by atoms with Crippen LogP contribution in [0, 0.1) is 5.92 Å². The molecule has 1 saturated heterocycles. The van der Waals surface area contributed by atoms with Crippen LogP contribution in [0.15, 0.2) is 30.5 Å². The van der Waals surface area contributed by atoms with Crippen molar-refractivity contribution in [3.63, 3.8) is 0 Å². The summed E-state index contributed by atoms with van der Waals surface area (Å²) in [4.78, 5) is 43.5. The number of anilines is 2. The summed E-state index contributed by atoms with van der Waals surface area (Å²) in [5.41, 5.74) is 10.1. The maximum Gasteiger partial charge on any atom is 0.408 e. The van der Waals surface area contributed by atoms with Gasteiger partial charge in [-0.3, -0.25) is 9.48 Å². The summed E-state index contributed by atoms with van der Waals surface area (Å²) >= 11 is 0. The number of carbonyl (C=O) groups is 2. The van der Waals surface area contributed by atoms with Crippen LogP contribution in [-0.2, 0) is 18.8 Å². The molecule has 1 aromatic carbocycles. The number of nitrogen functional groups attached to an aromatic ring is 1. The number of hydrogen-bond acceptors (Lipinski definition) is 9. The zero-order chi connectivity index (χ0) is 31.6. The minimum Gasteiger partial charge on any atom is -0.444 e. The first kappa shape index (κ1) is 29.4. The summed E-state index contributed by atoms with van der Waals surface area (Å²) in [6, 6.07) is 7.77. The van der Waals surface area contributed by atoms with Crippen molar-refractivity contribution in [1.82, 2.24) is 39.5 Å². The van der Waals surface area contributed by atoms with Gasteiger partial charge >= 0.3 is 6.09 Å². The Labute approximate surface area is 256 Å². The number of fused-ring (bicyclic) bond motifs is 3. The molecule has 3 N–H and O–H groups in total. The molecule has 13 nitrogen and oxygen atoms in total. The van der Waals surface area contributed by atoms with Crippen LogP contribution >= 0.6 is 0 Å². The minimum atomic E-state index is -0.561. The van der Waals surface area contributed by atoms with Gasteiger partial charge in [0.1, 0.15) is 28.4 Å². The third-order valence-electron chi connectivity index (χ3n) is 8.44. The molecule has 1 aliphatic carbocycles. The van der Waals surface area contributed by atoms with Gasteiger partial charge in [-0.05, 0) is 64.2 Å². The molecule has 2 atom stereocenters. The lowest BCUT2D eigenvalue weighted by molar-refractivity contribution is 0.0452. The van der Waals surface area contributed by atoms with Gasteiger partial charge in [0.05, 0.1) is 28.5 Å². The smallest absolute Gasteiger partial charge is 0.408 e. The lowest BCUT2D eigenvalue weighted by atomic mass is 9.90. The fourth-order valence-corrected chi connectivity index (χ4v) is 6.56. The molecule has 2 aliphatic rings. The quantitative estimate of drug-likeness (QED) is 0.350. The Bertz CT molecular complexity index is 1770. The number of nitrogens with zero attached hydrogens (tertiary/aromatic N) is 8. The van der Waals surface area contributed by atoms with E-state index in [1.54, 1.807) is 33.4 Å². The first-order chi connectivity index (χ1) is 20.7. The monoisotopic (exact) mass is 600 g/mol. The Morgan fingerprint density at radius 1 is 1.16 bits per heavy atom. The van der Waals surface area contributed by atoms with E-state index in [1.165, 1.54) is 9.58 Å². The van der Waals surface area contributed by atoms with Crippen LogP contribution in [0.5, 0.6) is 0 Å². The largest absolute Gasteiger partial charge is 0.444 e. The predicted octanol–water partition coefficient (Wildman–Crippen LogP) is 3.60. The average Bonchev–Trinajstić information content (AvgIpc) is 3.59. The van der Waals surface area contributed by atoms with Gasteiger partial charge in [0.15, 0.2) is 11.6 Å². The SMILES string of the molecule is CN(C)C(=O)c1cc(-c2cnc(N)c(-c3nc4cccc(N5CC6CCC(NC(=O)OC(C)(C)C)(C6)C5)c4n3C)n2)nn1C. The summed E-state index contributed by atoms with van der Waals surface area (Å²) in [5, 5.41) is 7.74. The third-order valence-corrected chi connectivity index (χ3v) is 8.44. The first-order valence-electron chi connectivity index (χ1n) is 14.8. The van der Waals surface area contributed by atoms with Crippen molar-refractivity contribution in [3.8, 4) is 22.9 Å². The van der Waals surface area contributed by atoms with E-state index in [0.29, 0.717) is 41.1 Å². The van der Waals surface area contributed by atoms with E-state index >= 15 is 0 Å². The number of piperidine rings is 1. The maximum absolute atomic E-state index is 12.8. The molecule has 1 saturated carbocycles. The number of aryl methyl sites for hydroxylation is 2. The number of imidazole rings is 1. The van der Waals surface area contributed by atoms with E-state index in [4.69, 9.17) is 20.4 Å². The summed E-state index contributed by atoms with van der Waals surface area (Å²) in [5.74, 6) is 1.11. The minimum absolute atomic E-state index is 0.160. The van der Waals surface area contributed by atoms with Gasteiger partial charge in [-0.25, -0.2) is 19.7 Å². The van der Waals surface area contributed by atoms with Crippen LogP contribution in [-0.4, -0.2) is 84.5 Å². The zero-order valence-electron chi connectivity index (χ0n) is 26.4. The second-order valence-corrected chi connectivity index (χ2v) is 13.3. The van der Waals surface area contributed by atoms with Crippen LogP contribution in [0.2, 0.25) is 0 Å². The van der Waals surface area contributed by atoms with Gasteiger partial charge in [-0.2, -0.15) is 5.10 Å². The second kappa shape index (κ2) is 10.5. The molecule has 0 radical (unpaired) electrons. The number of rotatable bonds is 5. The van der Waals surface area contributed by atoms with Crippen molar-refractivity contribution in [2.75, 3.05) is 37.8 Å². The van der Waals surface area contributed by atoms with Crippen LogP contribution in [0.1, 0.15) is 50.5 Å². The Morgan fingerprint density at radius 2 is 1.93 bits per heavy atom. The average molecular weight is 601 g/mol. The molecule has 2 amide bonds. The molecule has 13 heteroatoms. The molecule has 2 bridgehead atoms. The molecule has 2 fully saturated rings. The molecule has 4 heterocycles. The fourth-order valence-electron chi connectivity index (χ4n) is 6.56. The van der Waals surface area contributed by atoms with Gasteiger partial charge in [0.25, 0.3) is 5.91 Å². The second-order valence-electron chi connectivity index (χ2n) is 13.3. The number of nitrogens with one attached hydrogen (secondary N) is 1. The number of para-hydroxylation sites is 1. The van der Waals surface area contributed by atoms with Crippen LogP contribution < -0.4 is 16.0 Å². The Hall–Kier alpha value is -4.68. The van der Waals surface area contributed by atoms with Crippen molar-refractivity contribution in [2.24, 2.45) is 20.0 Å². The summed E-state index contributed by atoms with van der Waals surface area (Å²) in [6.07, 6.45) is 4.08. The fraction of sp³-hybridized carbons (Fsp3) is 0.484. The standard InChI is InChI=1S/C31H40N10O3/c1-30(2,3)44-29(43)36-31-12-11-18(14-31)16-41(17-31)22-10-8-9-19-25(22)39(6)27(35-19)24-26(32)33-15-21(34-24)20-13-23(40(7)37-20)28(42)38(4)5/h8-10,13,15,18H,11-12,14,16-17H2,1-7H3,(H2,32,33)(H,36,43). The summed E-state index contributed by atoms with van der Waals surface area (Å²) < 4.78 is 9.15. The van der Waals surface area contributed by atoms with Crippen LogP contribution in [0.3, 0.4) is 0 Å². The van der Waals surface area contributed by atoms with Gasteiger partial charge in [-0.15, -0.1) is 0 Å². The highest BCUT2D eigenvalue weighted by Gasteiger charge is 2.47. The number of benzene rings is 1. The molecule has 0 spiro atoms. The van der Waals surface area contributed by atoms with Crippen LogP contribution in [0.25, 0.3) is 33.9 Å². The molecule has 6 rings (SSSR count). The van der Waals surface area contributed by atoms with E-state index in [2.05, 4.69) is 26.4 Å². The van der Waals surface area contributed by atoms with Gasteiger partial charge in [-0.1, -0.05) is 6.07 Å². The molecule has 1 aliphatic heterocycles. The number of alkyl carbamates (subject to hydrolysis) is 1. The predicted molar refractivity (Wildman–Crippen MR) is 168 cm³/mol. The Balaban J connectivity index is 1.35. The molecular formula is C31H40N10O3. The van der Waals surface area contributed by atoms with Gasteiger partial charge in [0.2, 0.25) is 0 Å². The lowest BCUT2D eigenvalue weighted by Crippen LogP contribution is -2.58. The highest BCUT2D eigenvalue weighted by atomic mass is 16.6. The normalized spacial score (nSPS) is 19.8. The number of hydrogen-bond donors (Lipinski definition) is 2. The highest BCUT2D eigenvalue weighted by Crippen LogP contribution is 2.43. The Morgan fingerprint density at radius 3 is 2.66 bits per heavy atom. The number of ether oxygens (including phenoxy) is 1. The van der Waals surface area contributed by atoms with E-state index < -0.39 is 5.60 Å². The van der Waals surface area contributed by atoms with Crippen molar-refractivity contribution in [2.45, 2.75) is 51.2 Å². The molecule has 4 aromatic rings. The molecule has 3 aromatic heterocycles. The number of amides is 2.